The fraction of sp³-hybridized carbons (Fsp3) is 0.304. The Balaban J connectivity index is 1.44. The SMILES string of the molecule is C[C@@H](OC(=O)Cc1coc2cc3c(cc12)CCC3)C(=O)Nc1ccc([N+](=O)[O-])cc1C(F)(F)F. The van der Waals surface area contributed by atoms with Crippen LogP contribution in [0.1, 0.15) is 35.6 Å². The van der Waals surface area contributed by atoms with Crippen molar-refractivity contribution in [2.45, 2.75) is 44.9 Å². The molecule has 11 heteroatoms. The molecule has 3 aromatic rings. The van der Waals surface area contributed by atoms with Crippen LogP contribution in [0.5, 0.6) is 0 Å². The molecule has 0 fully saturated rings. The molecule has 2 aromatic carbocycles. The number of esters is 1. The average Bonchev–Trinajstić information content (AvgIpc) is 3.37. The van der Waals surface area contributed by atoms with Crippen molar-refractivity contribution in [3.63, 3.8) is 0 Å². The third-order valence-corrected chi connectivity index (χ3v) is 5.66. The number of nitro benzene ring substituents is 1. The van der Waals surface area contributed by atoms with E-state index in [1.165, 1.54) is 24.3 Å². The number of nitrogens with one attached hydrogen (secondary N) is 1. The van der Waals surface area contributed by atoms with Crippen LogP contribution in [0.2, 0.25) is 0 Å². The molecule has 0 radical (unpaired) electrons. The lowest BCUT2D eigenvalue weighted by Crippen LogP contribution is -2.31. The molecule has 0 aliphatic heterocycles. The number of fused-ring (bicyclic) bond motifs is 2. The highest BCUT2D eigenvalue weighted by Gasteiger charge is 2.36. The van der Waals surface area contributed by atoms with Crippen LogP contribution < -0.4 is 5.32 Å². The van der Waals surface area contributed by atoms with Gasteiger partial charge in [-0.2, -0.15) is 13.2 Å². The van der Waals surface area contributed by atoms with Crippen molar-refractivity contribution in [3.05, 3.63) is 69.0 Å². The van der Waals surface area contributed by atoms with Crippen LogP contribution in [0.4, 0.5) is 24.5 Å². The number of hydrogen-bond acceptors (Lipinski definition) is 6. The fourth-order valence-corrected chi connectivity index (χ4v) is 3.96. The van der Waals surface area contributed by atoms with Crippen molar-refractivity contribution >= 4 is 34.2 Å². The molecular formula is C23H19F3N2O6. The van der Waals surface area contributed by atoms with Crippen LogP contribution in [0.25, 0.3) is 11.0 Å². The normalized spacial score (nSPS) is 14.0. The van der Waals surface area contributed by atoms with E-state index in [4.69, 9.17) is 9.15 Å². The fourth-order valence-electron chi connectivity index (χ4n) is 3.96. The molecule has 1 heterocycles. The van der Waals surface area contributed by atoms with E-state index < -0.39 is 46.0 Å². The van der Waals surface area contributed by atoms with Gasteiger partial charge < -0.3 is 14.5 Å². The minimum atomic E-state index is -4.95. The zero-order valence-corrected chi connectivity index (χ0v) is 17.9. The van der Waals surface area contributed by atoms with Crippen molar-refractivity contribution in [2.75, 3.05) is 5.32 Å². The van der Waals surface area contributed by atoms with Gasteiger partial charge in [-0.3, -0.25) is 19.7 Å². The van der Waals surface area contributed by atoms with Gasteiger partial charge in [-0.05, 0) is 55.5 Å². The van der Waals surface area contributed by atoms with Crippen molar-refractivity contribution in [1.29, 1.82) is 0 Å². The number of furan rings is 1. The molecule has 8 nitrogen and oxygen atoms in total. The third-order valence-electron chi connectivity index (χ3n) is 5.66. The van der Waals surface area contributed by atoms with Gasteiger partial charge in [-0.1, -0.05) is 0 Å². The monoisotopic (exact) mass is 476 g/mol. The Morgan fingerprint density at radius 3 is 2.59 bits per heavy atom. The Hall–Kier alpha value is -3.89. The number of rotatable bonds is 6. The number of anilines is 1. The van der Waals surface area contributed by atoms with Crippen molar-refractivity contribution in [2.24, 2.45) is 0 Å². The molecule has 1 aliphatic carbocycles. The number of nitro groups is 1. The third kappa shape index (κ3) is 4.73. The Bertz CT molecular complexity index is 1300. The zero-order chi connectivity index (χ0) is 24.6. The van der Waals surface area contributed by atoms with E-state index in [2.05, 4.69) is 0 Å². The summed E-state index contributed by atoms with van der Waals surface area (Å²) < 4.78 is 50.6. The molecule has 0 unspecified atom stereocenters. The number of amides is 1. The summed E-state index contributed by atoms with van der Waals surface area (Å²) in [5.41, 5.74) is 0.795. The number of aryl methyl sites for hydroxylation is 2. The van der Waals surface area contributed by atoms with Gasteiger partial charge in [0, 0.05) is 23.1 Å². The Labute approximate surface area is 190 Å². The van der Waals surface area contributed by atoms with E-state index in [0.29, 0.717) is 17.2 Å². The molecule has 0 bridgehead atoms. The smallest absolute Gasteiger partial charge is 0.418 e. The highest BCUT2D eigenvalue weighted by molar-refractivity contribution is 5.96. The van der Waals surface area contributed by atoms with Gasteiger partial charge in [-0.15, -0.1) is 0 Å². The summed E-state index contributed by atoms with van der Waals surface area (Å²) in [5.74, 6) is -1.77. The molecule has 1 aliphatic rings. The molecule has 34 heavy (non-hydrogen) atoms. The maximum absolute atomic E-state index is 13.3. The van der Waals surface area contributed by atoms with E-state index in [9.17, 15) is 32.9 Å². The molecule has 0 spiro atoms. The molecule has 178 valence electrons. The van der Waals surface area contributed by atoms with E-state index >= 15 is 0 Å². The quantitative estimate of drug-likeness (QED) is 0.306. The molecule has 1 N–H and O–H groups in total. The first-order valence-corrected chi connectivity index (χ1v) is 10.4. The second-order valence-corrected chi connectivity index (χ2v) is 8.01. The van der Waals surface area contributed by atoms with Crippen molar-refractivity contribution in [3.8, 4) is 0 Å². The Morgan fingerprint density at radius 1 is 1.21 bits per heavy atom. The lowest BCUT2D eigenvalue weighted by Gasteiger charge is -2.16. The molecule has 4 rings (SSSR count). The predicted molar refractivity (Wildman–Crippen MR) is 114 cm³/mol. The maximum atomic E-state index is 13.3. The molecule has 1 atom stereocenters. The summed E-state index contributed by atoms with van der Waals surface area (Å²) in [5, 5.41) is 13.6. The van der Waals surface area contributed by atoms with Crippen LogP contribution >= 0.6 is 0 Å². The van der Waals surface area contributed by atoms with Crippen molar-refractivity contribution in [1.82, 2.24) is 0 Å². The first-order chi connectivity index (χ1) is 16.0. The first kappa shape index (κ1) is 23.3. The number of non-ortho nitro benzene ring substituents is 1. The van der Waals surface area contributed by atoms with Crippen LogP contribution in [0.3, 0.4) is 0 Å². The van der Waals surface area contributed by atoms with Gasteiger partial charge in [0.15, 0.2) is 6.10 Å². The highest BCUT2D eigenvalue weighted by Crippen LogP contribution is 2.37. The first-order valence-electron chi connectivity index (χ1n) is 10.4. The number of carbonyl (C=O) groups is 2. The maximum Gasteiger partial charge on any atom is 0.418 e. The lowest BCUT2D eigenvalue weighted by molar-refractivity contribution is -0.385. The standard InChI is InChI=1S/C23H19F3N2O6/c1-12(22(30)27-19-6-5-16(28(31)32)10-18(19)23(24,25)26)34-21(29)9-15-11-33-20-8-14-4-2-3-13(14)7-17(15)20/h5-8,10-12H,2-4,9H2,1H3,(H,27,30)/t12-/m1/s1. The average molecular weight is 476 g/mol. The van der Waals surface area contributed by atoms with Crippen LogP contribution in [-0.2, 0) is 39.8 Å². The van der Waals surface area contributed by atoms with E-state index in [1.54, 1.807) is 0 Å². The minimum absolute atomic E-state index is 0.186. The Morgan fingerprint density at radius 2 is 1.91 bits per heavy atom. The van der Waals surface area contributed by atoms with Gasteiger partial charge in [0.25, 0.3) is 11.6 Å². The van der Waals surface area contributed by atoms with Crippen LogP contribution in [0, 0.1) is 10.1 Å². The minimum Gasteiger partial charge on any atom is -0.464 e. The van der Waals surface area contributed by atoms with Gasteiger partial charge in [-0.25, -0.2) is 0 Å². The predicted octanol–water partition coefficient (Wildman–Crippen LogP) is 4.96. The summed E-state index contributed by atoms with van der Waals surface area (Å²) in [6, 6.07) is 5.87. The number of nitrogens with zero attached hydrogens (tertiary/aromatic N) is 1. The summed E-state index contributed by atoms with van der Waals surface area (Å²) in [4.78, 5) is 34.6. The summed E-state index contributed by atoms with van der Waals surface area (Å²) in [6.45, 7) is 1.21. The second kappa shape index (κ2) is 8.81. The Kier molecular flexibility index (Phi) is 6.03. The topological polar surface area (TPSA) is 112 Å². The van der Waals surface area contributed by atoms with Gasteiger partial charge >= 0.3 is 12.1 Å². The summed E-state index contributed by atoms with van der Waals surface area (Å²) in [7, 11) is 0. The number of halogens is 3. The van der Waals surface area contributed by atoms with Gasteiger partial charge in [0.2, 0.25) is 0 Å². The largest absolute Gasteiger partial charge is 0.464 e. The lowest BCUT2D eigenvalue weighted by atomic mass is 10.0. The number of benzene rings is 2. The summed E-state index contributed by atoms with van der Waals surface area (Å²) in [6.07, 6.45) is -2.13. The molecule has 0 saturated carbocycles. The number of ether oxygens (including phenoxy) is 1. The number of hydrogen-bond donors (Lipinski definition) is 1. The zero-order valence-electron chi connectivity index (χ0n) is 17.9. The molecule has 0 saturated heterocycles. The molecular weight excluding hydrogens is 457 g/mol. The van der Waals surface area contributed by atoms with E-state index in [1.807, 2.05) is 17.4 Å². The molecule has 1 amide bonds. The molecule has 1 aromatic heterocycles. The highest BCUT2D eigenvalue weighted by atomic mass is 19.4. The van der Waals surface area contributed by atoms with Crippen LogP contribution in [-0.4, -0.2) is 22.9 Å². The van der Waals surface area contributed by atoms with E-state index in [-0.39, 0.29) is 6.42 Å². The van der Waals surface area contributed by atoms with Gasteiger partial charge in [0.1, 0.15) is 5.58 Å². The van der Waals surface area contributed by atoms with Crippen molar-refractivity contribution < 1.29 is 36.8 Å². The number of carbonyl (C=O) groups excluding carboxylic acids is 2. The van der Waals surface area contributed by atoms with Crippen LogP contribution in [0.15, 0.2) is 41.0 Å². The van der Waals surface area contributed by atoms with E-state index in [0.717, 1.165) is 36.8 Å². The summed E-state index contributed by atoms with van der Waals surface area (Å²) >= 11 is 0. The number of alkyl halides is 3. The second-order valence-electron chi connectivity index (χ2n) is 8.01. The van der Waals surface area contributed by atoms with Gasteiger partial charge in [0.05, 0.1) is 28.9 Å².